The fourth-order valence-corrected chi connectivity index (χ4v) is 1.81. The van der Waals surface area contributed by atoms with E-state index < -0.39 is 0 Å². The lowest BCUT2D eigenvalue weighted by Gasteiger charge is -2.07. The molecule has 0 aliphatic carbocycles. The van der Waals surface area contributed by atoms with Gasteiger partial charge in [-0.05, 0) is 25.5 Å². The van der Waals surface area contributed by atoms with E-state index in [4.69, 9.17) is 23.2 Å². The molecule has 1 rings (SSSR count). The van der Waals surface area contributed by atoms with E-state index in [1.54, 1.807) is 18.2 Å². The van der Waals surface area contributed by atoms with Gasteiger partial charge in [-0.1, -0.05) is 41.4 Å². The molecule has 0 aromatic heterocycles. The van der Waals surface area contributed by atoms with E-state index in [1.807, 2.05) is 19.1 Å². The summed E-state index contributed by atoms with van der Waals surface area (Å²) in [4.78, 5) is 11.7. The molecular formula is C12H13Cl2NO. The van der Waals surface area contributed by atoms with Crippen LogP contribution in [0.3, 0.4) is 0 Å². The van der Waals surface area contributed by atoms with Crippen LogP contribution >= 0.6 is 23.2 Å². The first-order valence-corrected chi connectivity index (χ1v) is 5.75. The zero-order valence-electron chi connectivity index (χ0n) is 8.97. The summed E-state index contributed by atoms with van der Waals surface area (Å²) in [6.07, 6.45) is 4.72. The molecule has 0 saturated heterocycles. The normalized spacial score (nSPS) is 10.7. The summed E-state index contributed by atoms with van der Waals surface area (Å²) in [5, 5.41) is 3.50. The van der Waals surface area contributed by atoms with Gasteiger partial charge in [0, 0.05) is 6.54 Å². The van der Waals surface area contributed by atoms with E-state index in [0.29, 0.717) is 22.2 Å². The molecule has 0 heterocycles. The predicted octanol–water partition coefficient (Wildman–Crippen LogP) is 3.69. The van der Waals surface area contributed by atoms with Crippen molar-refractivity contribution in [3.05, 3.63) is 46.0 Å². The molecule has 0 aliphatic heterocycles. The lowest BCUT2D eigenvalue weighted by Crippen LogP contribution is -2.24. The van der Waals surface area contributed by atoms with E-state index >= 15 is 0 Å². The average Bonchev–Trinajstić information content (AvgIpc) is 2.24. The van der Waals surface area contributed by atoms with Crippen LogP contribution in [0.15, 0.2) is 30.4 Å². The number of amides is 1. The fourth-order valence-electron chi connectivity index (χ4n) is 1.24. The highest BCUT2D eigenvalue weighted by molar-refractivity contribution is 6.39. The van der Waals surface area contributed by atoms with E-state index in [1.165, 1.54) is 0 Å². The Morgan fingerprint density at radius 2 is 2.00 bits per heavy atom. The third-order valence-electron chi connectivity index (χ3n) is 2.02. The van der Waals surface area contributed by atoms with E-state index in [-0.39, 0.29) is 5.91 Å². The molecule has 1 aromatic rings. The second kappa shape index (κ2) is 6.56. The van der Waals surface area contributed by atoms with Gasteiger partial charge in [-0.3, -0.25) is 4.79 Å². The van der Waals surface area contributed by atoms with Crippen LogP contribution in [0.1, 0.15) is 23.7 Å². The summed E-state index contributed by atoms with van der Waals surface area (Å²) < 4.78 is 0. The topological polar surface area (TPSA) is 29.1 Å². The minimum atomic E-state index is -0.236. The summed E-state index contributed by atoms with van der Waals surface area (Å²) in [7, 11) is 0. The lowest BCUT2D eigenvalue weighted by molar-refractivity contribution is 0.0954. The van der Waals surface area contributed by atoms with Gasteiger partial charge < -0.3 is 5.32 Å². The zero-order chi connectivity index (χ0) is 12.0. The summed E-state index contributed by atoms with van der Waals surface area (Å²) in [5.41, 5.74) is 0.339. The Balaban J connectivity index is 2.66. The maximum absolute atomic E-state index is 11.7. The molecule has 1 amide bonds. The molecule has 2 nitrogen and oxygen atoms in total. The molecule has 0 aliphatic rings. The highest BCUT2D eigenvalue weighted by Crippen LogP contribution is 2.23. The molecule has 0 fully saturated rings. The maximum Gasteiger partial charge on any atom is 0.254 e. The molecule has 0 unspecified atom stereocenters. The Morgan fingerprint density at radius 1 is 1.38 bits per heavy atom. The number of carbonyl (C=O) groups is 1. The standard InChI is InChI=1S/C12H13Cl2NO/c1-2-3-4-8-15-12(16)11-9(13)6-5-7-10(11)14/h2-3,5-7H,4,8H2,1H3,(H,15,16)/b3-2+. The van der Waals surface area contributed by atoms with Crippen LogP contribution in [0, 0.1) is 0 Å². The second-order valence-electron chi connectivity index (χ2n) is 3.21. The lowest BCUT2D eigenvalue weighted by atomic mass is 10.2. The number of nitrogens with one attached hydrogen (secondary N) is 1. The highest BCUT2D eigenvalue weighted by Gasteiger charge is 2.13. The van der Waals surface area contributed by atoms with Crippen molar-refractivity contribution in [3.8, 4) is 0 Å². The van der Waals surface area contributed by atoms with Crippen LogP contribution in [-0.2, 0) is 0 Å². The van der Waals surface area contributed by atoms with Crippen molar-refractivity contribution < 1.29 is 4.79 Å². The molecule has 0 spiro atoms. The molecule has 1 aromatic carbocycles. The Morgan fingerprint density at radius 3 is 2.56 bits per heavy atom. The summed E-state index contributed by atoms with van der Waals surface area (Å²) in [6.45, 7) is 2.51. The Labute approximate surface area is 105 Å². The molecular weight excluding hydrogens is 245 g/mol. The van der Waals surface area contributed by atoms with Crippen molar-refractivity contribution in [1.82, 2.24) is 5.32 Å². The fraction of sp³-hybridized carbons (Fsp3) is 0.250. The van der Waals surface area contributed by atoms with Gasteiger partial charge in [-0.2, -0.15) is 0 Å². The zero-order valence-corrected chi connectivity index (χ0v) is 10.5. The van der Waals surface area contributed by atoms with Crippen molar-refractivity contribution in [3.63, 3.8) is 0 Å². The number of carbonyl (C=O) groups excluding carboxylic acids is 1. The van der Waals surface area contributed by atoms with Crippen LogP contribution in [-0.4, -0.2) is 12.5 Å². The maximum atomic E-state index is 11.7. The third kappa shape index (κ3) is 3.54. The van der Waals surface area contributed by atoms with E-state index in [2.05, 4.69) is 5.32 Å². The number of halogens is 2. The first-order valence-electron chi connectivity index (χ1n) is 5.00. The van der Waals surface area contributed by atoms with Gasteiger partial charge in [0.1, 0.15) is 0 Å². The minimum Gasteiger partial charge on any atom is -0.352 e. The number of rotatable bonds is 4. The number of allylic oxidation sites excluding steroid dienone is 1. The van der Waals surface area contributed by atoms with Crippen LogP contribution in [0.5, 0.6) is 0 Å². The number of benzene rings is 1. The van der Waals surface area contributed by atoms with Gasteiger partial charge >= 0.3 is 0 Å². The molecule has 1 N–H and O–H groups in total. The van der Waals surface area contributed by atoms with Crippen molar-refractivity contribution in [2.75, 3.05) is 6.54 Å². The number of hydrogen-bond acceptors (Lipinski definition) is 1. The van der Waals surface area contributed by atoms with Gasteiger partial charge in [0.15, 0.2) is 0 Å². The minimum absolute atomic E-state index is 0.236. The van der Waals surface area contributed by atoms with Crippen LogP contribution < -0.4 is 5.32 Å². The van der Waals surface area contributed by atoms with Crippen LogP contribution in [0.4, 0.5) is 0 Å². The summed E-state index contributed by atoms with van der Waals surface area (Å²) >= 11 is 11.8. The molecule has 0 saturated carbocycles. The third-order valence-corrected chi connectivity index (χ3v) is 2.65. The quantitative estimate of drug-likeness (QED) is 0.647. The summed E-state index contributed by atoms with van der Waals surface area (Å²) in [5.74, 6) is -0.236. The Kier molecular flexibility index (Phi) is 5.36. The molecule has 16 heavy (non-hydrogen) atoms. The largest absolute Gasteiger partial charge is 0.352 e. The van der Waals surface area contributed by atoms with Crippen LogP contribution in [0.25, 0.3) is 0 Å². The van der Waals surface area contributed by atoms with Gasteiger partial charge in [-0.15, -0.1) is 0 Å². The molecule has 86 valence electrons. The van der Waals surface area contributed by atoms with Crippen LogP contribution in [0.2, 0.25) is 10.0 Å². The van der Waals surface area contributed by atoms with Gasteiger partial charge in [-0.25, -0.2) is 0 Å². The smallest absolute Gasteiger partial charge is 0.254 e. The Hall–Kier alpha value is -0.990. The first kappa shape index (κ1) is 13.1. The molecule has 0 radical (unpaired) electrons. The van der Waals surface area contributed by atoms with Crippen molar-refractivity contribution >= 4 is 29.1 Å². The van der Waals surface area contributed by atoms with Crippen molar-refractivity contribution in [2.24, 2.45) is 0 Å². The monoisotopic (exact) mass is 257 g/mol. The molecule has 4 heteroatoms. The molecule has 0 atom stereocenters. The second-order valence-corrected chi connectivity index (χ2v) is 4.02. The number of hydrogen-bond donors (Lipinski definition) is 1. The first-order chi connectivity index (χ1) is 7.66. The van der Waals surface area contributed by atoms with E-state index in [0.717, 1.165) is 6.42 Å². The van der Waals surface area contributed by atoms with Gasteiger partial charge in [0.2, 0.25) is 0 Å². The Bertz CT molecular complexity index is 382. The highest BCUT2D eigenvalue weighted by atomic mass is 35.5. The predicted molar refractivity (Wildman–Crippen MR) is 68.2 cm³/mol. The van der Waals surface area contributed by atoms with Crippen molar-refractivity contribution in [2.45, 2.75) is 13.3 Å². The molecule has 0 bridgehead atoms. The SMILES string of the molecule is C/C=C/CCNC(=O)c1c(Cl)cccc1Cl. The van der Waals surface area contributed by atoms with Gasteiger partial charge in [0.05, 0.1) is 15.6 Å². The van der Waals surface area contributed by atoms with Crippen molar-refractivity contribution in [1.29, 1.82) is 0 Å². The average molecular weight is 258 g/mol. The van der Waals surface area contributed by atoms with Gasteiger partial charge in [0.25, 0.3) is 5.91 Å². The summed E-state index contributed by atoms with van der Waals surface area (Å²) in [6, 6.07) is 5.00. The van der Waals surface area contributed by atoms with E-state index in [9.17, 15) is 4.79 Å².